The van der Waals surface area contributed by atoms with Crippen LogP contribution in [0.2, 0.25) is 0 Å². The van der Waals surface area contributed by atoms with E-state index in [2.05, 4.69) is 10.0 Å². The van der Waals surface area contributed by atoms with Crippen LogP contribution in [0.5, 0.6) is 0 Å². The SMILES string of the molecule is CC1CN(S(=O)(=O)NC2CCCNC2C)CC(C)O1. The molecule has 112 valence electrons. The molecule has 4 unspecified atom stereocenters. The third-order valence-electron chi connectivity index (χ3n) is 3.79. The van der Waals surface area contributed by atoms with Gasteiger partial charge in [-0.25, -0.2) is 0 Å². The number of rotatable bonds is 3. The van der Waals surface area contributed by atoms with Crippen molar-refractivity contribution in [1.82, 2.24) is 14.3 Å². The highest BCUT2D eigenvalue weighted by Gasteiger charge is 2.34. The predicted molar refractivity (Wildman–Crippen MR) is 74.1 cm³/mol. The smallest absolute Gasteiger partial charge is 0.279 e. The summed E-state index contributed by atoms with van der Waals surface area (Å²) in [7, 11) is -3.42. The van der Waals surface area contributed by atoms with E-state index >= 15 is 0 Å². The van der Waals surface area contributed by atoms with E-state index in [4.69, 9.17) is 4.74 Å². The molecular weight excluding hydrogens is 266 g/mol. The highest BCUT2D eigenvalue weighted by molar-refractivity contribution is 7.87. The van der Waals surface area contributed by atoms with E-state index in [0.29, 0.717) is 13.1 Å². The summed E-state index contributed by atoms with van der Waals surface area (Å²) in [5, 5.41) is 3.30. The number of piperidine rings is 1. The number of nitrogens with zero attached hydrogens (tertiary/aromatic N) is 1. The zero-order chi connectivity index (χ0) is 14.0. The summed E-state index contributed by atoms with van der Waals surface area (Å²) in [5.74, 6) is 0. The summed E-state index contributed by atoms with van der Waals surface area (Å²) in [6, 6.07) is 0.159. The van der Waals surface area contributed by atoms with Gasteiger partial charge in [0.15, 0.2) is 0 Å². The molecule has 4 atom stereocenters. The van der Waals surface area contributed by atoms with Crippen molar-refractivity contribution in [2.24, 2.45) is 0 Å². The summed E-state index contributed by atoms with van der Waals surface area (Å²) in [4.78, 5) is 0. The zero-order valence-electron chi connectivity index (χ0n) is 11.9. The maximum Gasteiger partial charge on any atom is 0.279 e. The quantitative estimate of drug-likeness (QED) is 0.772. The number of hydrogen-bond acceptors (Lipinski definition) is 4. The first kappa shape index (κ1) is 15.2. The maximum atomic E-state index is 12.4. The maximum absolute atomic E-state index is 12.4. The molecule has 19 heavy (non-hydrogen) atoms. The molecule has 0 aromatic rings. The van der Waals surface area contributed by atoms with Gasteiger partial charge in [0.1, 0.15) is 0 Å². The number of nitrogens with one attached hydrogen (secondary N) is 2. The van der Waals surface area contributed by atoms with E-state index in [-0.39, 0.29) is 24.3 Å². The van der Waals surface area contributed by atoms with E-state index < -0.39 is 10.2 Å². The van der Waals surface area contributed by atoms with Gasteiger partial charge in [0.2, 0.25) is 0 Å². The summed E-state index contributed by atoms with van der Waals surface area (Å²) in [6.07, 6.45) is 1.79. The molecule has 0 bridgehead atoms. The van der Waals surface area contributed by atoms with Crippen LogP contribution in [0.15, 0.2) is 0 Å². The summed E-state index contributed by atoms with van der Waals surface area (Å²) >= 11 is 0. The van der Waals surface area contributed by atoms with E-state index in [1.54, 1.807) is 0 Å². The Morgan fingerprint density at radius 1 is 1.21 bits per heavy atom. The van der Waals surface area contributed by atoms with E-state index in [0.717, 1.165) is 19.4 Å². The third-order valence-corrected chi connectivity index (χ3v) is 5.37. The van der Waals surface area contributed by atoms with Gasteiger partial charge in [-0.2, -0.15) is 17.4 Å². The number of hydrogen-bond donors (Lipinski definition) is 2. The van der Waals surface area contributed by atoms with Crippen LogP contribution in [-0.4, -0.2) is 56.6 Å². The molecule has 0 saturated carbocycles. The lowest BCUT2D eigenvalue weighted by Gasteiger charge is -2.37. The molecule has 2 heterocycles. The fourth-order valence-corrected chi connectivity index (χ4v) is 4.46. The van der Waals surface area contributed by atoms with Crippen molar-refractivity contribution in [1.29, 1.82) is 0 Å². The summed E-state index contributed by atoms with van der Waals surface area (Å²) in [5.41, 5.74) is 0. The van der Waals surface area contributed by atoms with Gasteiger partial charge in [0.05, 0.1) is 12.2 Å². The summed E-state index contributed by atoms with van der Waals surface area (Å²) < 4.78 is 34.8. The first-order valence-electron chi connectivity index (χ1n) is 7.04. The number of morpholine rings is 1. The van der Waals surface area contributed by atoms with E-state index in [1.165, 1.54) is 4.31 Å². The van der Waals surface area contributed by atoms with Gasteiger partial charge >= 0.3 is 0 Å². The molecule has 0 amide bonds. The van der Waals surface area contributed by atoms with Gasteiger partial charge in [0, 0.05) is 25.2 Å². The Morgan fingerprint density at radius 2 is 1.84 bits per heavy atom. The highest BCUT2D eigenvalue weighted by atomic mass is 32.2. The van der Waals surface area contributed by atoms with E-state index in [9.17, 15) is 8.42 Å². The first-order valence-corrected chi connectivity index (χ1v) is 8.48. The Labute approximate surface area is 116 Å². The predicted octanol–water partition coefficient (Wildman–Crippen LogP) is 0.0705. The minimum Gasteiger partial charge on any atom is -0.373 e. The van der Waals surface area contributed by atoms with Crippen LogP contribution in [0.25, 0.3) is 0 Å². The first-order chi connectivity index (χ1) is 8.88. The van der Waals surface area contributed by atoms with Crippen LogP contribution in [0.1, 0.15) is 33.6 Å². The van der Waals surface area contributed by atoms with Crippen molar-refractivity contribution in [3.05, 3.63) is 0 Å². The lowest BCUT2D eigenvalue weighted by molar-refractivity contribution is -0.0445. The Bertz CT molecular complexity index is 391. The van der Waals surface area contributed by atoms with Crippen molar-refractivity contribution in [2.75, 3.05) is 19.6 Å². The average Bonchev–Trinajstić information content (AvgIpc) is 2.31. The highest BCUT2D eigenvalue weighted by Crippen LogP contribution is 2.16. The molecule has 2 fully saturated rings. The molecule has 0 aromatic carbocycles. The minimum absolute atomic E-state index is 0.0211. The lowest BCUT2D eigenvalue weighted by Crippen LogP contribution is -2.58. The Kier molecular flexibility index (Phi) is 4.84. The third kappa shape index (κ3) is 3.88. The zero-order valence-corrected chi connectivity index (χ0v) is 12.7. The van der Waals surface area contributed by atoms with Gasteiger partial charge in [-0.05, 0) is 40.2 Å². The molecule has 0 aromatic heterocycles. The van der Waals surface area contributed by atoms with Gasteiger partial charge in [0.25, 0.3) is 10.2 Å². The monoisotopic (exact) mass is 291 g/mol. The van der Waals surface area contributed by atoms with Crippen molar-refractivity contribution in [3.8, 4) is 0 Å². The Balaban J connectivity index is 2.01. The summed E-state index contributed by atoms with van der Waals surface area (Å²) in [6.45, 7) is 7.65. The molecule has 2 saturated heterocycles. The second-order valence-electron chi connectivity index (χ2n) is 5.69. The Hall–Kier alpha value is -0.210. The van der Waals surface area contributed by atoms with Gasteiger partial charge in [-0.3, -0.25) is 0 Å². The van der Waals surface area contributed by atoms with Gasteiger partial charge in [-0.1, -0.05) is 0 Å². The fourth-order valence-electron chi connectivity index (χ4n) is 2.80. The van der Waals surface area contributed by atoms with Crippen molar-refractivity contribution >= 4 is 10.2 Å². The molecule has 2 N–H and O–H groups in total. The normalized spacial score (nSPS) is 38.3. The topological polar surface area (TPSA) is 70.7 Å². The number of ether oxygens (including phenoxy) is 1. The van der Waals surface area contributed by atoms with Crippen LogP contribution >= 0.6 is 0 Å². The van der Waals surface area contributed by atoms with Crippen LogP contribution in [0.3, 0.4) is 0 Å². The van der Waals surface area contributed by atoms with Crippen molar-refractivity contribution in [3.63, 3.8) is 0 Å². The molecule has 7 heteroatoms. The standard InChI is InChI=1S/C12H25N3O3S/c1-9-7-15(8-10(2)18-9)19(16,17)14-12-5-4-6-13-11(12)3/h9-14H,4-8H2,1-3H3. The molecule has 0 radical (unpaired) electrons. The van der Waals surface area contributed by atoms with Crippen LogP contribution in [0.4, 0.5) is 0 Å². The second kappa shape index (κ2) is 6.05. The fraction of sp³-hybridized carbons (Fsp3) is 1.00. The molecular formula is C12H25N3O3S. The second-order valence-corrected chi connectivity index (χ2v) is 7.39. The molecule has 0 spiro atoms. The average molecular weight is 291 g/mol. The lowest BCUT2D eigenvalue weighted by atomic mass is 10.0. The van der Waals surface area contributed by atoms with Crippen LogP contribution in [0, 0.1) is 0 Å². The van der Waals surface area contributed by atoms with Crippen LogP contribution in [-0.2, 0) is 14.9 Å². The van der Waals surface area contributed by atoms with Crippen LogP contribution < -0.4 is 10.0 Å². The van der Waals surface area contributed by atoms with Gasteiger partial charge in [-0.15, -0.1) is 0 Å². The van der Waals surface area contributed by atoms with Crippen molar-refractivity contribution in [2.45, 2.75) is 57.9 Å². The van der Waals surface area contributed by atoms with E-state index in [1.807, 2.05) is 20.8 Å². The largest absolute Gasteiger partial charge is 0.373 e. The Morgan fingerprint density at radius 3 is 2.42 bits per heavy atom. The van der Waals surface area contributed by atoms with Crippen molar-refractivity contribution < 1.29 is 13.2 Å². The molecule has 6 nitrogen and oxygen atoms in total. The molecule has 2 rings (SSSR count). The molecule has 2 aliphatic heterocycles. The molecule has 0 aliphatic carbocycles. The minimum atomic E-state index is -3.42. The molecule has 2 aliphatic rings. The van der Waals surface area contributed by atoms with Gasteiger partial charge < -0.3 is 10.1 Å².